The number of anilines is 1. The average Bonchev–Trinajstić information content (AvgIpc) is 3.27. The third-order valence-electron chi connectivity index (χ3n) is 4.73. The summed E-state index contributed by atoms with van der Waals surface area (Å²) in [6, 6.07) is 15.8. The van der Waals surface area contributed by atoms with E-state index in [2.05, 4.69) is 15.7 Å². The van der Waals surface area contributed by atoms with E-state index in [1.54, 1.807) is 17.1 Å². The van der Waals surface area contributed by atoms with Crippen LogP contribution in [0.15, 0.2) is 79.1 Å². The molecule has 0 atom stereocenters. The van der Waals surface area contributed by atoms with Crippen LogP contribution in [0.4, 0.5) is 14.5 Å². The molecule has 0 aliphatic rings. The summed E-state index contributed by atoms with van der Waals surface area (Å²) in [5, 5.41) is 19.6. The van der Waals surface area contributed by atoms with Gasteiger partial charge in [0.2, 0.25) is 0 Å². The Morgan fingerprint density at radius 1 is 0.939 bits per heavy atom. The van der Waals surface area contributed by atoms with Gasteiger partial charge in [-0.15, -0.1) is 0 Å². The van der Waals surface area contributed by atoms with E-state index in [-0.39, 0.29) is 29.1 Å². The summed E-state index contributed by atoms with van der Waals surface area (Å²) in [6.07, 6.45) is 3.41. The van der Waals surface area contributed by atoms with Gasteiger partial charge in [-0.1, -0.05) is 18.2 Å². The van der Waals surface area contributed by atoms with Crippen molar-refractivity contribution in [2.45, 2.75) is 6.54 Å². The minimum Gasteiger partial charge on any atom is -0.507 e. The first-order valence-electron chi connectivity index (χ1n) is 9.87. The van der Waals surface area contributed by atoms with Crippen molar-refractivity contribution in [2.24, 2.45) is 0 Å². The molecule has 33 heavy (non-hydrogen) atoms. The number of benzene rings is 3. The minimum absolute atomic E-state index is 0.000232. The van der Waals surface area contributed by atoms with E-state index in [1.165, 1.54) is 18.2 Å². The highest BCUT2D eigenvalue weighted by Gasteiger charge is 2.14. The maximum atomic E-state index is 13.3. The van der Waals surface area contributed by atoms with Crippen molar-refractivity contribution in [3.8, 4) is 11.4 Å². The lowest BCUT2D eigenvalue weighted by Crippen LogP contribution is -2.22. The van der Waals surface area contributed by atoms with Gasteiger partial charge in [-0.05, 0) is 36.4 Å². The van der Waals surface area contributed by atoms with Gasteiger partial charge >= 0.3 is 0 Å². The minimum atomic E-state index is -0.885. The number of carbonyl (C=O) groups is 2. The molecule has 0 saturated carbocycles. The topological polar surface area (TPSA) is 96.3 Å². The van der Waals surface area contributed by atoms with Gasteiger partial charge in [-0.3, -0.25) is 9.59 Å². The maximum Gasteiger partial charge on any atom is 0.255 e. The number of aromatic nitrogens is 2. The maximum absolute atomic E-state index is 13.3. The van der Waals surface area contributed by atoms with E-state index >= 15 is 0 Å². The highest BCUT2D eigenvalue weighted by Crippen LogP contribution is 2.23. The van der Waals surface area contributed by atoms with Crippen molar-refractivity contribution in [2.75, 3.05) is 5.32 Å². The number of hydrogen-bond acceptors (Lipinski definition) is 4. The zero-order valence-corrected chi connectivity index (χ0v) is 17.1. The summed E-state index contributed by atoms with van der Waals surface area (Å²) in [7, 11) is 0. The Labute approximate surface area is 187 Å². The number of phenolic OH excluding ortho intramolecular Hbond substituents is 1. The third kappa shape index (κ3) is 5.21. The molecule has 2 amide bonds. The van der Waals surface area contributed by atoms with Gasteiger partial charge in [-0.2, -0.15) is 5.10 Å². The predicted molar refractivity (Wildman–Crippen MR) is 117 cm³/mol. The number of para-hydroxylation sites is 1. The number of aromatic hydroxyl groups is 1. The Kier molecular flexibility index (Phi) is 6.12. The smallest absolute Gasteiger partial charge is 0.255 e. The lowest BCUT2D eigenvalue weighted by Gasteiger charge is -2.09. The molecule has 9 heteroatoms. The molecule has 1 heterocycles. The molecular formula is C24H18F2N4O3. The molecule has 7 nitrogen and oxygen atoms in total. The molecule has 0 radical (unpaired) electrons. The Morgan fingerprint density at radius 3 is 2.36 bits per heavy atom. The highest BCUT2D eigenvalue weighted by molar-refractivity contribution is 6.05. The van der Waals surface area contributed by atoms with Crippen LogP contribution in [-0.4, -0.2) is 26.7 Å². The number of phenols is 1. The molecular weight excluding hydrogens is 430 g/mol. The van der Waals surface area contributed by atoms with Gasteiger partial charge in [0.05, 0.1) is 17.4 Å². The molecule has 4 rings (SSSR count). The van der Waals surface area contributed by atoms with Crippen LogP contribution < -0.4 is 10.6 Å². The van der Waals surface area contributed by atoms with Gasteiger partial charge in [0.1, 0.15) is 17.4 Å². The first-order chi connectivity index (χ1) is 15.9. The van der Waals surface area contributed by atoms with Crippen LogP contribution in [0.5, 0.6) is 5.75 Å². The second-order valence-electron chi connectivity index (χ2n) is 7.16. The first-order valence-corrected chi connectivity index (χ1v) is 9.87. The van der Waals surface area contributed by atoms with Crippen molar-refractivity contribution in [1.29, 1.82) is 0 Å². The number of carbonyl (C=O) groups excluding carboxylic acids is 2. The van der Waals surface area contributed by atoms with E-state index in [1.807, 2.05) is 30.3 Å². The summed E-state index contributed by atoms with van der Waals surface area (Å²) in [4.78, 5) is 24.7. The fourth-order valence-corrected chi connectivity index (χ4v) is 3.14. The molecule has 3 aromatic carbocycles. The molecule has 4 aromatic rings. The highest BCUT2D eigenvalue weighted by atomic mass is 19.1. The van der Waals surface area contributed by atoms with Gasteiger partial charge in [0.15, 0.2) is 0 Å². The fraction of sp³-hybridized carbons (Fsp3) is 0.0417. The summed E-state index contributed by atoms with van der Waals surface area (Å²) < 4.78 is 28.3. The number of amides is 2. The summed E-state index contributed by atoms with van der Waals surface area (Å²) in [5.41, 5.74) is 1.58. The Balaban J connectivity index is 1.39. The summed E-state index contributed by atoms with van der Waals surface area (Å²) in [5.74, 6) is -3.42. The van der Waals surface area contributed by atoms with E-state index in [4.69, 9.17) is 0 Å². The third-order valence-corrected chi connectivity index (χ3v) is 4.73. The van der Waals surface area contributed by atoms with Crippen LogP contribution in [0.3, 0.4) is 0 Å². The number of hydrogen-bond donors (Lipinski definition) is 3. The van der Waals surface area contributed by atoms with Crippen LogP contribution in [-0.2, 0) is 6.54 Å². The number of halogens is 2. The Hall–Kier alpha value is -4.53. The van der Waals surface area contributed by atoms with Crippen molar-refractivity contribution < 1.29 is 23.5 Å². The molecule has 0 saturated heterocycles. The normalized spacial score (nSPS) is 10.6. The first kappa shape index (κ1) is 21.7. The van der Waals surface area contributed by atoms with E-state index in [0.717, 1.165) is 23.4 Å². The summed E-state index contributed by atoms with van der Waals surface area (Å²) in [6.45, 7) is 0.189. The largest absolute Gasteiger partial charge is 0.507 e. The zero-order valence-electron chi connectivity index (χ0n) is 17.1. The fourth-order valence-electron chi connectivity index (χ4n) is 3.14. The van der Waals surface area contributed by atoms with Crippen molar-refractivity contribution in [3.63, 3.8) is 0 Å². The molecule has 1 aromatic heterocycles. The molecule has 0 bridgehead atoms. The van der Waals surface area contributed by atoms with Gasteiger partial charge < -0.3 is 15.7 Å². The average molecular weight is 448 g/mol. The number of rotatable bonds is 6. The SMILES string of the molecule is O=C(Nc1ccc(C(=O)NCc2cnn(-c3ccccc3)c2)c(O)c1)c1cc(F)cc(F)c1. The molecule has 0 spiro atoms. The Morgan fingerprint density at radius 2 is 1.67 bits per heavy atom. The molecule has 0 aliphatic heterocycles. The van der Waals surface area contributed by atoms with Crippen molar-refractivity contribution in [1.82, 2.24) is 15.1 Å². The van der Waals surface area contributed by atoms with Crippen LogP contribution in [0.25, 0.3) is 5.69 Å². The second-order valence-corrected chi connectivity index (χ2v) is 7.16. The lowest BCUT2D eigenvalue weighted by molar-refractivity contribution is 0.0947. The van der Waals surface area contributed by atoms with Crippen LogP contribution in [0, 0.1) is 11.6 Å². The van der Waals surface area contributed by atoms with Crippen LogP contribution in [0.1, 0.15) is 26.3 Å². The van der Waals surface area contributed by atoms with E-state index in [0.29, 0.717) is 6.07 Å². The summed E-state index contributed by atoms with van der Waals surface area (Å²) >= 11 is 0. The van der Waals surface area contributed by atoms with Gasteiger partial charge in [-0.25, -0.2) is 13.5 Å². The number of nitrogens with one attached hydrogen (secondary N) is 2. The van der Waals surface area contributed by atoms with Gasteiger partial charge in [0.25, 0.3) is 11.8 Å². The quantitative estimate of drug-likeness (QED) is 0.415. The number of nitrogens with zero attached hydrogens (tertiary/aromatic N) is 2. The molecule has 3 N–H and O–H groups in total. The monoisotopic (exact) mass is 448 g/mol. The van der Waals surface area contributed by atoms with Crippen molar-refractivity contribution >= 4 is 17.5 Å². The standard InChI is InChI=1S/C24H18F2N4O3/c25-17-8-16(9-18(26)10-17)23(32)29-19-6-7-21(22(31)11-19)24(33)27-12-15-13-28-30(14-15)20-4-2-1-3-5-20/h1-11,13-14,31H,12H2,(H,27,33)(H,29,32). The van der Waals surface area contributed by atoms with E-state index < -0.39 is 23.4 Å². The molecule has 0 fully saturated rings. The molecule has 0 unspecified atom stereocenters. The molecule has 166 valence electrons. The van der Waals surface area contributed by atoms with Gasteiger partial charge in [0, 0.05) is 41.7 Å². The lowest BCUT2D eigenvalue weighted by atomic mass is 10.1. The second kappa shape index (κ2) is 9.31. The van der Waals surface area contributed by atoms with Crippen LogP contribution in [0.2, 0.25) is 0 Å². The van der Waals surface area contributed by atoms with E-state index in [9.17, 15) is 23.5 Å². The predicted octanol–water partition coefficient (Wildman–Crippen LogP) is 4.04. The van der Waals surface area contributed by atoms with Crippen LogP contribution >= 0.6 is 0 Å². The van der Waals surface area contributed by atoms with Crippen molar-refractivity contribution in [3.05, 3.63) is 107 Å². The zero-order chi connectivity index (χ0) is 23.4. The molecule has 0 aliphatic carbocycles. The Bertz CT molecular complexity index is 1300.